The van der Waals surface area contributed by atoms with Crippen LogP contribution in [-0.2, 0) is 9.59 Å². The van der Waals surface area contributed by atoms with E-state index in [2.05, 4.69) is 13.8 Å². The molecule has 0 radical (unpaired) electrons. The molecule has 0 amide bonds. The highest BCUT2D eigenvalue weighted by Crippen LogP contribution is 2.39. The van der Waals surface area contributed by atoms with E-state index in [1.54, 1.807) is 0 Å². The lowest BCUT2D eigenvalue weighted by molar-refractivity contribution is -0.135. The molecule has 0 saturated heterocycles. The zero-order valence-corrected chi connectivity index (χ0v) is 8.72. The lowest BCUT2D eigenvalue weighted by Crippen LogP contribution is -2.37. The van der Waals surface area contributed by atoms with E-state index in [0.717, 1.165) is 6.42 Å². The third-order valence-corrected chi connectivity index (χ3v) is 3.16. The Labute approximate surface area is 79.7 Å². The fourth-order valence-electron chi connectivity index (χ4n) is 2.04. The first-order chi connectivity index (χ1) is 5.97. The molecule has 1 saturated carbocycles. The molecular weight excluding hydrogens is 164 g/mol. The van der Waals surface area contributed by atoms with Gasteiger partial charge in [-0.2, -0.15) is 0 Å². The van der Waals surface area contributed by atoms with Gasteiger partial charge in [0.25, 0.3) is 0 Å². The highest BCUT2D eigenvalue weighted by atomic mass is 16.1. The maximum atomic E-state index is 11.6. The summed E-state index contributed by atoms with van der Waals surface area (Å²) in [5.74, 6) is 0.475. The lowest BCUT2D eigenvalue weighted by Gasteiger charge is -2.36. The monoisotopic (exact) mass is 182 g/mol. The number of ketones is 2. The van der Waals surface area contributed by atoms with E-state index in [4.69, 9.17) is 0 Å². The number of rotatable bonds is 2. The van der Waals surface area contributed by atoms with Crippen LogP contribution in [0, 0.1) is 11.3 Å². The van der Waals surface area contributed by atoms with Crippen molar-refractivity contribution in [2.45, 2.75) is 46.5 Å². The second-order valence-electron chi connectivity index (χ2n) is 4.60. The van der Waals surface area contributed by atoms with Crippen molar-refractivity contribution in [1.29, 1.82) is 0 Å². The van der Waals surface area contributed by atoms with Crippen molar-refractivity contribution in [2.75, 3.05) is 0 Å². The molecule has 1 fully saturated rings. The number of Topliss-reactive ketones (excluding diaryl/α,β-unsaturated/α-hetero) is 2. The minimum atomic E-state index is -0.0289. The summed E-state index contributed by atoms with van der Waals surface area (Å²) in [6, 6.07) is 0. The molecule has 0 bridgehead atoms. The summed E-state index contributed by atoms with van der Waals surface area (Å²) in [7, 11) is 0. The van der Waals surface area contributed by atoms with Crippen LogP contribution in [0.2, 0.25) is 0 Å². The Hall–Kier alpha value is -0.660. The Kier molecular flexibility index (Phi) is 2.89. The Bertz CT molecular complexity index is 228. The van der Waals surface area contributed by atoms with Gasteiger partial charge >= 0.3 is 0 Å². The summed E-state index contributed by atoms with van der Waals surface area (Å²) < 4.78 is 0. The smallest absolute Gasteiger partial charge is 0.136 e. The summed E-state index contributed by atoms with van der Waals surface area (Å²) in [4.78, 5) is 22.8. The maximum Gasteiger partial charge on any atom is 0.136 e. The van der Waals surface area contributed by atoms with E-state index in [1.165, 1.54) is 0 Å². The highest BCUT2D eigenvalue weighted by molar-refractivity contribution is 5.89. The number of hydrogen-bond acceptors (Lipinski definition) is 2. The van der Waals surface area contributed by atoms with Crippen molar-refractivity contribution >= 4 is 11.6 Å². The van der Waals surface area contributed by atoms with Crippen LogP contribution in [0.4, 0.5) is 0 Å². The molecule has 2 heteroatoms. The van der Waals surface area contributed by atoms with Gasteiger partial charge in [0.2, 0.25) is 0 Å². The first kappa shape index (κ1) is 10.4. The van der Waals surface area contributed by atoms with Crippen LogP contribution in [0.15, 0.2) is 0 Å². The third kappa shape index (κ3) is 2.17. The van der Waals surface area contributed by atoms with Gasteiger partial charge < -0.3 is 0 Å². The van der Waals surface area contributed by atoms with Crippen LogP contribution in [-0.4, -0.2) is 11.6 Å². The zero-order chi connectivity index (χ0) is 10.1. The molecule has 0 aromatic carbocycles. The fraction of sp³-hybridized carbons (Fsp3) is 0.818. The standard InChI is InChI=1S/C11H18O2/c1-4-10(13)9-7-8(12)5-6-11(9,2)3/h9H,4-7H2,1-3H3. The first-order valence-electron chi connectivity index (χ1n) is 5.02. The van der Waals surface area contributed by atoms with Gasteiger partial charge in [-0.15, -0.1) is 0 Å². The van der Waals surface area contributed by atoms with Gasteiger partial charge in [0.15, 0.2) is 0 Å². The summed E-state index contributed by atoms with van der Waals surface area (Å²) in [5, 5.41) is 0. The molecule has 74 valence electrons. The third-order valence-electron chi connectivity index (χ3n) is 3.16. The molecule has 1 unspecified atom stereocenters. The van der Waals surface area contributed by atoms with Gasteiger partial charge in [0.05, 0.1) is 0 Å². The van der Waals surface area contributed by atoms with Crippen molar-refractivity contribution < 1.29 is 9.59 Å². The minimum absolute atomic E-state index is 0.0288. The number of hydrogen-bond donors (Lipinski definition) is 0. The van der Waals surface area contributed by atoms with E-state index in [1.807, 2.05) is 6.92 Å². The Morgan fingerprint density at radius 1 is 1.54 bits per heavy atom. The summed E-state index contributed by atoms with van der Waals surface area (Å²) in [6.07, 6.45) is 2.55. The quantitative estimate of drug-likeness (QED) is 0.657. The first-order valence-corrected chi connectivity index (χ1v) is 5.02. The van der Waals surface area contributed by atoms with Crippen LogP contribution in [0.3, 0.4) is 0 Å². The van der Waals surface area contributed by atoms with Crippen LogP contribution in [0.1, 0.15) is 46.5 Å². The van der Waals surface area contributed by atoms with E-state index in [-0.39, 0.29) is 22.9 Å². The van der Waals surface area contributed by atoms with E-state index in [9.17, 15) is 9.59 Å². The zero-order valence-electron chi connectivity index (χ0n) is 8.72. The Morgan fingerprint density at radius 3 is 2.69 bits per heavy atom. The van der Waals surface area contributed by atoms with Gasteiger partial charge in [0, 0.05) is 25.2 Å². The van der Waals surface area contributed by atoms with Crippen molar-refractivity contribution in [2.24, 2.45) is 11.3 Å². The highest BCUT2D eigenvalue weighted by Gasteiger charge is 2.38. The Morgan fingerprint density at radius 2 is 2.15 bits per heavy atom. The molecule has 0 aromatic heterocycles. The predicted octanol–water partition coefficient (Wildman–Crippen LogP) is 2.36. The van der Waals surface area contributed by atoms with E-state index in [0.29, 0.717) is 19.3 Å². The molecule has 0 N–H and O–H groups in total. The molecule has 0 spiro atoms. The molecule has 2 nitrogen and oxygen atoms in total. The minimum Gasteiger partial charge on any atom is -0.300 e. The average Bonchev–Trinajstić information content (AvgIpc) is 2.08. The SMILES string of the molecule is CCC(=O)C1CC(=O)CCC1(C)C. The normalized spacial score (nSPS) is 27.3. The van der Waals surface area contributed by atoms with Gasteiger partial charge in [-0.3, -0.25) is 9.59 Å². The topological polar surface area (TPSA) is 34.1 Å². The molecule has 13 heavy (non-hydrogen) atoms. The summed E-state index contributed by atoms with van der Waals surface area (Å²) in [5.41, 5.74) is 0.0288. The summed E-state index contributed by atoms with van der Waals surface area (Å²) >= 11 is 0. The largest absolute Gasteiger partial charge is 0.300 e. The van der Waals surface area contributed by atoms with Crippen LogP contribution in [0.5, 0.6) is 0 Å². The second-order valence-corrected chi connectivity index (χ2v) is 4.60. The van der Waals surface area contributed by atoms with Crippen LogP contribution < -0.4 is 0 Å². The van der Waals surface area contributed by atoms with Crippen LogP contribution in [0.25, 0.3) is 0 Å². The lowest BCUT2D eigenvalue weighted by atomic mass is 9.66. The molecule has 0 aliphatic heterocycles. The fourth-order valence-corrected chi connectivity index (χ4v) is 2.04. The Balaban J connectivity index is 2.77. The molecule has 0 aromatic rings. The van der Waals surface area contributed by atoms with Gasteiger partial charge in [-0.1, -0.05) is 20.8 Å². The molecular formula is C11H18O2. The molecule has 1 aliphatic carbocycles. The number of carbonyl (C=O) groups excluding carboxylic acids is 2. The number of carbonyl (C=O) groups is 2. The van der Waals surface area contributed by atoms with Crippen molar-refractivity contribution in [3.63, 3.8) is 0 Å². The van der Waals surface area contributed by atoms with Gasteiger partial charge in [-0.25, -0.2) is 0 Å². The average molecular weight is 182 g/mol. The van der Waals surface area contributed by atoms with Crippen molar-refractivity contribution in [1.82, 2.24) is 0 Å². The van der Waals surface area contributed by atoms with Crippen LogP contribution >= 0.6 is 0 Å². The van der Waals surface area contributed by atoms with Gasteiger partial charge in [0.1, 0.15) is 11.6 Å². The molecule has 1 atom stereocenters. The van der Waals surface area contributed by atoms with E-state index >= 15 is 0 Å². The maximum absolute atomic E-state index is 11.6. The molecule has 1 rings (SSSR count). The summed E-state index contributed by atoms with van der Waals surface area (Å²) in [6.45, 7) is 6.06. The van der Waals surface area contributed by atoms with Crippen molar-refractivity contribution in [3.05, 3.63) is 0 Å². The molecule has 0 heterocycles. The van der Waals surface area contributed by atoms with Gasteiger partial charge in [-0.05, 0) is 11.8 Å². The molecule has 1 aliphatic rings. The van der Waals surface area contributed by atoms with Crippen molar-refractivity contribution in [3.8, 4) is 0 Å². The van der Waals surface area contributed by atoms with E-state index < -0.39 is 0 Å². The predicted molar refractivity (Wildman–Crippen MR) is 51.4 cm³/mol. The second kappa shape index (κ2) is 3.60.